The molecule has 0 amide bonds. The van der Waals surface area contributed by atoms with Crippen LogP contribution in [0, 0.1) is 0 Å². The molecule has 2 heterocycles. The van der Waals surface area contributed by atoms with Crippen LogP contribution in [0.2, 0.25) is 0 Å². The topological polar surface area (TPSA) is 46.6 Å². The molecule has 0 aromatic rings. The smallest absolute Gasteiger partial charge is 0.216 e. The van der Waals surface area contributed by atoms with E-state index in [-0.39, 0.29) is 11.9 Å². The van der Waals surface area contributed by atoms with Crippen LogP contribution in [-0.2, 0) is 14.8 Å². The Labute approximate surface area is 59.8 Å². The van der Waals surface area contributed by atoms with Crippen LogP contribution in [0.15, 0.2) is 0 Å². The molecule has 2 saturated heterocycles. The van der Waals surface area contributed by atoms with Crippen molar-refractivity contribution in [3.05, 3.63) is 0 Å². The van der Waals surface area contributed by atoms with Crippen LogP contribution in [0.25, 0.3) is 0 Å². The minimum Gasteiger partial charge on any atom is -0.374 e. The van der Waals surface area contributed by atoms with Gasteiger partial charge in [-0.25, -0.2) is 8.42 Å². The van der Waals surface area contributed by atoms with Crippen LogP contribution in [0.5, 0.6) is 0 Å². The standard InChI is InChI=1S/C5H9NO3S/c7-10(8)4-5-3-6(10)1-2-9-5/h5H,1-4H2/t5-/m1/s1. The molecule has 0 aromatic heterocycles. The third kappa shape index (κ3) is 0.853. The number of hydrogen-bond acceptors (Lipinski definition) is 3. The molecule has 2 atom stereocenters. The average molecular weight is 163 g/mol. The maximum Gasteiger partial charge on any atom is 0.216 e. The average Bonchev–Trinajstić information content (AvgIpc) is 2.04. The fourth-order valence-corrected chi connectivity index (χ4v) is 3.01. The summed E-state index contributed by atoms with van der Waals surface area (Å²) < 4.78 is 28.9. The lowest BCUT2D eigenvalue weighted by molar-refractivity contribution is 0.0276. The quantitative estimate of drug-likeness (QED) is 0.461. The lowest BCUT2D eigenvalue weighted by Crippen LogP contribution is -2.34. The number of nitrogens with zero attached hydrogens (tertiary/aromatic N) is 1. The van der Waals surface area contributed by atoms with Crippen molar-refractivity contribution in [1.29, 1.82) is 0 Å². The zero-order valence-corrected chi connectivity index (χ0v) is 6.30. The van der Waals surface area contributed by atoms with Crippen LogP contribution in [0.1, 0.15) is 0 Å². The maximum absolute atomic E-state index is 11.1. The Morgan fingerprint density at radius 1 is 1.50 bits per heavy atom. The van der Waals surface area contributed by atoms with Gasteiger partial charge in [-0.3, -0.25) is 0 Å². The molecule has 0 N–H and O–H groups in total. The van der Waals surface area contributed by atoms with Gasteiger partial charge >= 0.3 is 0 Å². The monoisotopic (exact) mass is 163 g/mol. The highest BCUT2D eigenvalue weighted by Gasteiger charge is 2.39. The number of rotatable bonds is 0. The minimum absolute atomic E-state index is 0.0567. The van der Waals surface area contributed by atoms with Gasteiger partial charge in [0.2, 0.25) is 10.0 Å². The maximum atomic E-state index is 11.1. The summed E-state index contributed by atoms with van der Waals surface area (Å²) in [5.41, 5.74) is 0. The third-order valence-electron chi connectivity index (χ3n) is 1.89. The van der Waals surface area contributed by atoms with E-state index in [1.54, 1.807) is 0 Å². The summed E-state index contributed by atoms with van der Waals surface area (Å²) in [6.45, 7) is 1.67. The van der Waals surface area contributed by atoms with Gasteiger partial charge in [-0.1, -0.05) is 0 Å². The van der Waals surface area contributed by atoms with Crippen LogP contribution < -0.4 is 0 Å². The SMILES string of the molecule is O=S1(=O)C[C@H]2CN1CCO2. The van der Waals surface area contributed by atoms with Crippen molar-refractivity contribution in [2.45, 2.75) is 6.10 Å². The van der Waals surface area contributed by atoms with E-state index in [0.29, 0.717) is 19.7 Å². The van der Waals surface area contributed by atoms with E-state index in [4.69, 9.17) is 4.74 Å². The van der Waals surface area contributed by atoms with Gasteiger partial charge in [0.25, 0.3) is 0 Å². The Hall–Kier alpha value is -0.130. The molecule has 2 rings (SSSR count). The second kappa shape index (κ2) is 1.93. The summed E-state index contributed by atoms with van der Waals surface area (Å²) in [5, 5.41) is 0. The van der Waals surface area contributed by atoms with Crippen molar-refractivity contribution in [2.75, 3.05) is 25.4 Å². The van der Waals surface area contributed by atoms with E-state index in [9.17, 15) is 8.42 Å². The molecule has 2 bridgehead atoms. The molecule has 0 spiro atoms. The fourth-order valence-electron chi connectivity index (χ4n) is 1.39. The minimum atomic E-state index is -2.92. The molecular weight excluding hydrogens is 154 g/mol. The predicted octanol–water partition coefficient (Wildman–Crippen LogP) is -0.969. The molecule has 0 saturated carbocycles. The zero-order valence-electron chi connectivity index (χ0n) is 5.49. The first kappa shape index (κ1) is 6.57. The van der Waals surface area contributed by atoms with Gasteiger partial charge < -0.3 is 4.74 Å². The van der Waals surface area contributed by atoms with Crippen molar-refractivity contribution in [1.82, 2.24) is 4.31 Å². The number of morpholine rings is 1. The van der Waals surface area contributed by atoms with Crippen LogP contribution in [-0.4, -0.2) is 44.3 Å². The third-order valence-corrected chi connectivity index (χ3v) is 3.80. The van der Waals surface area contributed by atoms with Crippen LogP contribution in [0.3, 0.4) is 0 Å². The normalized spacial score (nSPS) is 43.6. The molecule has 2 fully saturated rings. The van der Waals surface area contributed by atoms with E-state index in [0.717, 1.165) is 0 Å². The van der Waals surface area contributed by atoms with Gasteiger partial charge in [-0.15, -0.1) is 0 Å². The molecule has 1 unspecified atom stereocenters. The Kier molecular flexibility index (Phi) is 1.27. The van der Waals surface area contributed by atoms with Gasteiger partial charge in [0.1, 0.15) is 0 Å². The van der Waals surface area contributed by atoms with Crippen molar-refractivity contribution in [2.24, 2.45) is 0 Å². The lowest BCUT2D eigenvalue weighted by atomic mass is 10.3. The first-order chi connectivity index (χ1) is 4.68. The molecule has 0 radical (unpaired) electrons. The molecule has 58 valence electrons. The van der Waals surface area contributed by atoms with Crippen LogP contribution >= 0.6 is 0 Å². The Morgan fingerprint density at radius 2 is 2.30 bits per heavy atom. The number of hydrogen-bond donors (Lipinski definition) is 0. The summed E-state index contributed by atoms with van der Waals surface area (Å²) in [7, 11) is -2.92. The number of sulfonamides is 1. The molecule has 0 aromatic carbocycles. The van der Waals surface area contributed by atoms with E-state index >= 15 is 0 Å². The van der Waals surface area contributed by atoms with Crippen molar-refractivity contribution in [3.63, 3.8) is 0 Å². The molecular formula is C5H9NO3S. The van der Waals surface area contributed by atoms with Gasteiger partial charge in [0.15, 0.2) is 0 Å². The molecule has 0 aliphatic carbocycles. The van der Waals surface area contributed by atoms with Crippen molar-refractivity contribution >= 4 is 10.0 Å². The molecule has 5 heteroatoms. The molecule has 10 heavy (non-hydrogen) atoms. The summed E-state index contributed by atoms with van der Waals surface area (Å²) in [4.78, 5) is 0. The molecule has 2 aliphatic rings. The van der Waals surface area contributed by atoms with E-state index in [2.05, 4.69) is 0 Å². The van der Waals surface area contributed by atoms with E-state index in [1.807, 2.05) is 0 Å². The predicted molar refractivity (Wildman–Crippen MR) is 35.1 cm³/mol. The molecule has 4 nitrogen and oxygen atoms in total. The Morgan fingerprint density at radius 3 is 2.90 bits per heavy atom. The largest absolute Gasteiger partial charge is 0.374 e. The van der Waals surface area contributed by atoms with E-state index < -0.39 is 10.0 Å². The number of fused-ring (bicyclic) bond motifs is 2. The van der Waals surface area contributed by atoms with Gasteiger partial charge in [0, 0.05) is 13.1 Å². The Balaban J connectivity index is 2.32. The van der Waals surface area contributed by atoms with Gasteiger partial charge in [-0.05, 0) is 0 Å². The highest BCUT2D eigenvalue weighted by molar-refractivity contribution is 7.89. The highest BCUT2D eigenvalue weighted by atomic mass is 32.2. The van der Waals surface area contributed by atoms with Gasteiger partial charge in [-0.2, -0.15) is 4.31 Å². The first-order valence-electron chi connectivity index (χ1n) is 3.28. The first-order valence-corrected chi connectivity index (χ1v) is 4.89. The second-order valence-corrected chi connectivity index (χ2v) is 4.64. The van der Waals surface area contributed by atoms with Gasteiger partial charge in [0.05, 0.1) is 18.5 Å². The number of ether oxygens (including phenoxy) is 1. The summed E-state index contributed by atoms with van der Waals surface area (Å²) in [6, 6.07) is 0. The molecule has 2 aliphatic heterocycles. The summed E-state index contributed by atoms with van der Waals surface area (Å²) in [5.74, 6) is 0.188. The zero-order chi connectivity index (χ0) is 7.19. The summed E-state index contributed by atoms with van der Waals surface area (Å²) in [6.07, 6.45) is -0.0567. The van der Waals surface area contributed by atoms with Crippen LogP contribution in [0.4, 0.5) is 0 Å². The lowest BCUT2D eigenvalue weighted by Gasteiger charge is -2.19. The highest BCUT2D eigenvalue weighted by Crippen LogP contribution is 2.19. The van der Waals surface area contributed by atoms with Crippen molar-refractivity contribution in [3.8, 4) is 0 Å². The van der Waals surface area contributed by atoms with E-state index in [1.165, 1.54) is 4.31 Å². The fraction of sp³-hybridized carbons (Fsp3) is 1.00. The Bertz CT molecular complexity index is 235. The summed E-state index contributed by atoms with van der Waals surface area (Å²) >= 11 is 0. The second-order valence-electron chi connectivity index (χ2n) is 2.63. The van der Waals surface area contributed by atoms with Crippen molar-refractivity contribution < 1.29 is 13.2 Å².